The van der Waals surface area contributed by atoms with Crippen LogP contribution < -0.4 is 0 Å². The van der Waals surface area contributed by atoms with E-state index in [0.717, 1.165) is 31.3 Å². The average molecular weight is 947 g/mol. The van der Waals surface area contributed by atoms with Gasteiger partial charge in [0.05, 0.1) is 37.6 Å². The molecule has 66 heavy (non-hydrogen) atoms. The third kappa shape index (κ3) is 8.90. The van der Waals surface area contributed by atoms with Gasteiger partial charge in [0.25, 0.3) is 0 Å². The van der Waals surface area contributed by atoms with Crippen LogP contribution in [0.15, 0.2) is 11.6 Å². The van der Waals surface area contributed by atoms with Crippen LogP contribution in [0.4, 0.5) is 0 Å². The third-order valence-electron chi connectivity index (χ3n) is 18.8. The molecule has 0 bridgehead atoms. The zero-order valence-corrected chi connectivity index (χ0v) is 40.0. The van der Waals surface area contributed by atoms with Crippen LogP contribution in [0, 0.1) is 45.3 Å². The Balaban J connectivity index is 1.11. The highest BCUT2D eigenvalue weighted by Gasteiger charge is 2.72. The molecule has 382 valence electrons. The number of rotatable bonds is 13. The summed E-state index contributed by atoms with van der Waals surface area (Å²) in [6, 6.07) is 0. The van der Waals surface area contributed by atoms with Crippen molar-refractivity contribution < 1.29 is 89.7 Å². The van der Waals surface area contributed by atoms with Gasteiger partial charge in [0.15, 0.2) is 18.9 Å². The lowest BCUT2D eigenvalue weighted by molar-refractivity contribution is -0.350. The maximum absolute atomic E-state index is 12.7. The molecular weight excluding hydrogens is 865 g/mol. The number of aliphatic hydroxyl groups is 12. The van der Waals surface area contributed by atoms with Crippen LogP contribution >= 0.6 is 0 Å². The molecule has 0 spiro atoms. The Labute approximate surface area is 388 Å². The maximum Gasteiger partial charge on any atom is 0.187 e. The fraction of sp³-hybridized carbons (Fsp3) is 0.958. The zero-order valence-electron chi connectivity index (χ0n) is 40.0. The van der Waals surface area contributed by atoms with Crippen molar-refractivity contribution in [1.82, 2.24) is 0 Å². The Hall–Kier alpha value is -0.980. The molecule has 0 aromatic heterocycles. The lowest BCUT2D eigenvalue weighted by Gasteiger charge is -2.71. The van der Waals surface area contributed by atoms with Gasteiger partial charge < -0.3 is 89.7 Å². The highest BCUT2D eigenvalue weighted by Crippen LogP contribution is 2.76. The van der Waals surface area contributed by atoms with Gasteiger partial charge in [-0.25, -0.2) is 0 Å². The van der Waals surface area contributed by atoms with Crippen molar-refractivity contribution in [3.8, 4) is 0 Å². The summed E-state index contributed by atoms with van der Waals surface area (Å²) in [6.07, 6.45) is -14.9. The zero-order chi connectivity index (χ0) is 48.6. The molecule has 0 unspecified atom stereocenters. The Morgan fingerprint density at radius 3 is 1.74 bits per heavy atom. The molecule has 7 aliphatic rings. The molecular formula is C48H82O18. The first-order valence-corrected chi connectivity index (χ1v) is 24.4. The molecule has 0 aromatic carbocycles. The molecule has 12 N–H and O–H groups in total. The predicted octanol–water partition coefficient (Wildman–Crippen LogP) is -0.0268. The summed E-state index contributed by atoms with van der Waals surface area (Å²) in [5, 5.41) is 129. The standard InChI is InChI=1S/C48H82O18/c1-22(2)10-9-14-48(8,66-43-40(60)37(57)34(54)27(64-43)21-61-41-38(58)35(55)32(52)25(19-49)62-41)23-11-16-47(7)31(23)24(51)18-29-45(5)15-13-30(44(3,4)28(45)12-17-46(29,47)6)65-42-39(59)36(56)33(53)26(20-50)63-42/h10,23-43,49-60H,9,11-21H2,1-8H3/t23-,24+,25+,26+,27+,28-,29+,30-,31-,32+,33+,34+,35-,36-,37-,38+,39+,40+,41+,42-,43-,45-,46+,47+,48-/m0/s1. The van der Waals surface area contributed by atoms with Gasteiger partial charge in [-0.05, 0) is 124 Å². The van der Waals surface area contributed by atoms with Crippen LogP contribution in [0.2, 0.25) is 0 Å². The first-order valence-electron chi connectivity index (χ1n) is 24.4. The summed E-state index contributed by atoms with van der Waals surface area (Å²) in [5.74, 6) is -0.128. The fourth-order valence-electron chi connectivity index (χ4n) is 14.8. The van der Waals surface area contributed by atoms with Crippen molar-refractivity contribution in [2.24, 2.45) is 45.3 Å². The summed E-state index contributed by atoms with van der Waals surface area (Å²) < 4.78 is 36.6. The largest absolute Gasteiger partial charge is 0.394 e. The minimum Gasteiger partial charge on any atom is -0.394 e. The van der Waals surface area contributed by atoms with Gasteiger partial charge in [0.2, 0.25) is 0 Å². The second-order valence-electron chi connectivity index (χ2n) is 22.9. The lowest BCUT2D eigenvalue weighted by atomic mass is 9.35. The first-order chi connectivity index (χ1) is 30.8. The van der Waals surface area contributed by atoms with Crippen LogP contribution in [0.3, 0.4) is 0 Å². The molecule has 0 radical (unpaired) electrons. The van der Waals surface area contributed by atoms with E-state index in [1.165, 1.54) is 0 Å². The number of hydrogen-bond acceptors (Lipinski definition) is 18. The number of hydrogen-bond donors (Lipinski definition) is 12. The highest BCUT2D eigenvalue weighted by molar-refractivity contribution is 5.20. The van der Waals surface area contributed by atoms with E-state index >= 15 is 0 Å². The lowest BCUT2D eigenvalue weighted by Crippen LogP contribution is -2.67. The monoisotopic (exact) mass is 947 g/mol. The van der Waals surface area contributed by atoms with Crippen molar-refractivity contribution in [2.45, 2.75) is 223 Å². The van der Waals surface area contributed by atoms with Crippen LogP contribution in [0.25, 0.3) is 0 Å². The van der Waals surface area contributed by atoms with Crippen molar-refractivity contribution in [3.05, 3.63) is 11.6 Å². The molecule has 3 aliphatic heterocycles. The van der Waals surface area contributed by atoms with Crippen LogP contribution in [-0.2, 0) is 28.4 Å². The topological polar surface area (TPSA) is 298 Å². The number of fused-ring (bicyclic) bond motifs is 5. The molecule has 0 amide bonds. The summed E-state index contributed by atoms with van der Waals surface area (Å²) in [4.78, 5) is 0. The Morgan fingerprint density at radius 1 is 0.621 bits per heavy atom. The first kappa shape index (κ1) is 52.8. The summed E-state index contributed by atoms with van der Waals surface area (Å²) in [6.45, 7) is 15.8. The van der Waals surface area contributed by atoms with E-state index in [2.05, 4.69) is 40.7 Å². The van der Waals surface area contributed by atoms with Crippen molar-refractivity contribution in [2.75, 3.05) is 19.8 Å². The molecule has 7 fully saturated rings. The molecule has 7 rings (SSSR count). The van der Waals surface area contributed by atoms with E-state index in [1.54, 1.807) is 0 Å². The average Bonchev–Trinajstić information content (AvgIpc) is 3.65. The van der Waals surface area contributed by atoms with Crippen molar-refractivity contribution in [1.29, 1.82) is 0 Å². The minimum absolute atomic E-state index is 0.133. The molecule has 18 heteroatoms. The predicted molar refractivity (Wildman–Crippen MR) is 234 cm³/mol. The van der Waals surface area contributed by atoms with Crippen LogP contribution in [-0.4, -0.2) is 191 Å². The van der Waals surface area contributed by atoms with E-state index in [9.17, 15) is 61.3 Å². The second-order valence-corrected chi connectivity index (χ2v) is 22.9. The molecule has 0 aromatic rings. The summed E-state index contributed by atoms with van der Waals surface area (Å²) >= 11 is 0. The minimum atomic E-state index is -1.72. The Kier molecular flexibility index (Phi) is 15.7. The van der Waals surface area contributed by atoms with Gasteiger partial charge >= 0.3 is 0 Å². The van der Waals surface area contributed by atoms with Crippen LogP contribution in [0.1, 0.15) is 113 Å². The third-order valence-corrected chi connectivity index (χ3v) is 18.8. The van der Waals surface area contributed by atoms with Gasteiger partial charge in [-0.2, -0.15) is 0 Å². The SMILES string of the molecule is CC(C)=CCC[C@](C)(O[C@@H]1O[C@H](CO[C@@H]2O[C@H](CO)[C@@H](O)[C@H](O)[C@H]2O)[C@@H](O)[C@H](O)[C@H]1O)[C@H]1CC[C@]2(C)[C@@H]1[C@H](O)C[C@@H]1[C@@]3(C)CC[C@H](O[C@@H]4O[C@H](CO)[C@@H](O)[C@H](O)[C@H]4O)C(C)(C)[C@@H]3CC[C@]12C. The quantitative estimate of drug-likeness (QED) is 0.0853. The van der Waals surface area contributed by atoms with Gasteiger partial charge in [-0.3, -0.25) is 0 Å². The smallest absolute Gasteiger partial charge is 0.187 e. The van der Waals surface area contributed by atoms with E-state index in [-0.39, 0.29) is 46.0 Å². The Bertz CT molecular complexity index is 1680. The van der Waals surface area contributed by atoms with Gasteiger partial charge in [0, 0.05) is 0 Å². The molecule has 3 heterocycles. The van der Waals surface area contributed by atoms with Crippen molar-refractivity contribution in [3.63, 3.8) is 0 Å². The summed E-state index contributed by atoms with van der Waals surface area (Å²) in [5.41, 5.74) is -1.06. The van der Waals surface area contributed by atoms with E-state index in [0.29, 0.717) is 32.1 Å². The van der Waals surface area contributed by atoms with Crippen molar-refractivity contribution >= 4 is 0 Å². The number of aliphatic hydroxyl groups excluding tert-OH is 12. The normalized spacial score (nSPS) is 52.4. The summed E-state index contributed by atoms with van der Waals surface area (Å²) in [7, 11) is 0. The maximum atomic E-state index is 12.7. The molecule has 3 saturated heterocycles. The second kappa shape index (κ2) is 19.6. The fourth-order valence-corrected chi connectivity index (χ4v) is 14.8. The van der Waals surface area contributed by atoms with E-state index in [1.807, 2.05) is 20.8 Å². The van der Waals surface area contributed by atoms with E-state index in [4.69, 9.17) is 28.4 Å². The van der Waals surface area contributed by atoms with Crippen LogP contribution in [0.5, 0.6) is 0 Å². The molecule has 18 nitrogen and oxygen atoms in total. The molecule has 25 atom stereocenters. The molecule has 4 saturated carbocycles. The Morgan fingerprint density at radius 2 is 1.15 bits per heavy atom. The van der Waals surface area contributed by atoms with Gasteiger partial charge in [0.1, 0.15) is 73.2 Å². The van der Waals surface area contributed by atoms with Gasteiger partial charge in [-0.15, -0.1) is 0 Å². The number of ether oxygens (including phenoxy) is 6. The highest BCUT2D eigenvalue weighted by atomic mass is 16.7. The van der Waals surface area contributed by atoms with Gasteiger partial charge in [-0.1, -0.05) is 46.3 Å². The number of allylic oxidation sites excluding steroid dienone is 2. The molecule has 4 aliphatic carbocycles. The van der Waals surface area contributed by atoms with E-state index < -0.39 is 129 Å².